The van der Waals surface area contributed by atoms with Gasteiger partial charge in [0.25, 0.3) is 0 Å². The summed E-state index contributed by atoms with van der Waals surface area (Å²) in [6.45, 7) is 4.63. The first-order chi connectivity index (χ1) is 13.8. The van der Waals surface area contributed by atoms with E-state index < -0.39 is 0 Å². The van der Waals surface area contributed by atoms with Crippen LogP contribution in [0.2, 0.25) is 0 Å². The lowest BCUT2D eigenvalue weighted by molar-refractivity contribution is 0.357. The van der Waals surface area contributed by atoms with E-state index >= 15 is 0 Å². The average molecular weight is 506 g/mol. The molecule has 2 fully saturated rings. The Morgan fingerprint density at radius 2 is 1.66 bits per heavy atom. The molecule has 1 N–H and O–H groups in total. The van der Waals surface area contributed by atoms with Crippen molar-refractivity contribution in [3.05, 3.63) is 54.4 Å². The van der Waals surface area contributed by atoms with Gasteiger partial charge < -0.3 is 15.1 Å². The first-order valence-corrected chi connectivity index (χ1v) is 10.3. The Morgan fingerprint density at radius 1 is 1.00 bits per heavy atom. The molecular formula is C22H31IN6. The van der Waals surface area contributed by atoms with Crippen molar-refractivity contribution < 1.29 is 0 Å². The largest absolute Gasteiger partial charge is 0.355 e. The van der Waals surface area contributed by atoms with Crippen LogP contribution in [-0.2, 0) is 5.41 Å². The highest BCUT2D eigenvalue weighted by atomic mass is 127. The summed E-state index contributed by atoms with van der Waals surface area (Å²) in [6.07, 6.45) is 8.73. The molecular weight excluding hydrogens is 475 g/mol. The highest BCUT2D eigenvalue weighted by molar-refractivity contribution is 14.0. The molecule has 156 valence electrons. The quantitative estimate of drug-likeness (QED) is 0.392. The number of benzene rings is 1. The van der Waals surface area contributed by atoms with E-state index in [0.717, 1.165) is 44.6 Å². The zero-order valence-electron chi connectivity index (χ0n) is 17.1. The maximum Gasteiger partial charge on any atom is 0.225 e. The minimum atomic E-state index is 0. The van der Waals surface area contributed by atoms with Crippen molar-refractivity contribution in [3.63, 3.8) is 0 Å². The van der Waals surface area contributed by atoms with E-state index in [1.807, 2.05) is 13.1 Å². The van der Waals surface area contributed by atoms with E-state index in [2.05, 4.69) is 60.4 Å². The molecule has 2 heterocycles. The summed E-state index contributed by atoms with van der Waals surface area (Å²) in [5.41, 5.74) is 1.69. The maximum atomic E-state index is 4.58. The van der Waals surface area contributed by atoms with Crippen LogP contribution >= 0.6 is 24.0 Å². The van der Waals surface area contributed by atoms with Crippen molar-refractivity contribution in [2.45, 2.75) is 31.1 Å². The minimum absolute atomic E-state index is 0. The fraction of sp³-hybridized carbons (Fsp3) is 0.500. The Balaban J connectivity index is 0.00000240. The first kappa shape index (κ1) is 21.8. The van der Waals surface area contributed by atoms with Gasteiger partial charge >= 0.3 is 0 Å². The standard InChI is InChI=1S/C22H30N6.HI/c1-23-20(27-14-16-28(17-15-27)21-24-12-7-13-25-21)26-18-22(10-5-6-11-22)19-8-3-2-4-9-19;/h2-4,7-9,12-13H,5-6,10-11,14-18H2,1H3,(H,23,26);1H. The molecule has 0 unspecified atom stereocenters. The van der Waals surface area contributed by atoms with Gasteiger partial charge in [0.2, 0.25) is 5.95 Å². The summed E-state index contributed by atoms with van der Waals surface area (Å²) >= 11 is 0. The van der Waals surface area contributed by atoms with Crippen molar-refractivity contribution in [1.29, 1.82) is 0 Å². The summed E-state index contributed by atoms with van der Waals surface area (Å²) < 4.78 is 0. The number of rotatable bonds is 4. The number of anilines is 1. The molecule has 0 amide bonds. The molecule has 2 aliphatic rings. The van der Waals surface area contributed by atoms with Crippen LogP contribution in [0.25, 0.3) is 0 Å². The van der Waals surface area contributed by atoms with Gasteiger partial charge in [0.1, 0.15) is 0 Å². The molecule has 6 nitrogen and oxygen atoms in total. The third kappa shape index (κ3) is 4.99. The van der Waals surface area contributed by atoms with Gasteiger partial charge in [-0.25, -0.2) is 9.97 Å². The van der Waals surface area contributed by atoms with E-state index in [1.165, 1.54) is 31.2 Å². The van der Waals surface area contributed by atoms with Gasteiger partial charge in [-0.3, -0.25) is 4.99 Å². The van der Waals surface area contributed by atoms with Crippen molar-refractivity contribution in [3.8, 4) is 0 Å². The highest BCUT2D eigenvalue weighted by Gasteiger charge is 2.36. The summed E-state index contributed by atoms with van der Waals surface area (Å²) in [5, 5.41) is 3.70. The zero-order valence-corrected chi connectivity index (χ0v) is 19.5. The molecule has 0 spiro atoms. The Labute approximate surface area is 190 Å². The lowest BCUT2D eigenvalue weighted by atomic mass is 9.79. The molecule has 29 heavy (non-hydrogen) atoms. The molecule has 0 atom stereocenters. The smallest absolute Gasteiger partial charge is 0.225 e. The normalized spacial score (nSPS) is 19.0. The second-order valence-electron chi connectivity index (χ2n) is 7.78. The number of piperazine rings is 1. The van der Waals surface area contributed by atoms with Crippen molar-refractivity contribution in [2.75, 3.05) is 44.7 Å². The van der Waals surface area contributed by atoms with Gasteiger partial charge in [-0.15, -0.1) is 24.0 Å². The molecule has 2 aromatic rings. The monoisotopic (exact) mass is 506 g/mol. The van der Waals surface area contributed by atoms with Crippen LogP contribution in [0.5, 0.6) is 0 Å². The molecule has 1 saturated heterocycles. The van der Waals surface area contributed by atoms with Crippen LogP contribution in [0, 0.1) is 0 Å². The zero-order chi connectivity index (χ0) is 19.2. The number of nitrogens with one attached hydrogen (secondary N) is 1. The maximum absolute atomic E-state index is 4.58. The van der Waals surface area contributed by atoms with E-state index in [-0.39, 0.29) is 29.4 Å². The summed E-state index contributed by atoms with van der Waals surface area (Å²) in [4.78, 5) is 17.9. The van der Waals surface area contributed by atoms with Gasteiger partial charge in [-0.1, -0.05) is 43.2 Å². The van der Waals surface area contributed by atoms with E-state index in [1.54, 1.807) is 12.4 Å². The topological polar surface area (TPSA) is 56.7 Å². The SMILES string of the molecule is CN=C(NCC1(c2ccccc2)CCCC1)N1CCN(c2ncccn2)CC1.I. The number of guanidine groups is 1. The van der Waals surface area contributed by atoms with Crippen LogP contribution in [0.15, 0.2) is 53.8 Å². The van der Waals surface area contributed by atoms with Gasteiger partial charge in [0.05, 0.1) is 0 Å². The van der Waals surface area contributed by atoms with Crippen molar-refractivity contribution >= 4 is 35.9 Å². The summed E-state index contributed by atoms with van der Waals surface area (Å²) in [5.74, 6) is 1.83. The predicted octanol–water partition coefficient (Wildman–Crippen LogP) is 3.30. The molecule has 0 bridgehead atoms. The minimum Gasteiger partial charge on any atom is -0.355 e. The molecule has 1 aliphatic carbocycles. The number of halogens is 1. The van der Waals surface area contributed by atoms with E-state index in [0.29, 0.717) is 0 Å². The summed E-state index contributed by atoms with van der Waals surface area (Å²) in [6, 6.07) is 12.9. The van der Waals surface area contributed by atoms with Crippen LogP contribution < -0.4 is 10.2 Å². The Morgan fingerprint density at radius 3 is 2.28 bits per heavy atom. The second kappa shape index (κ2) is 10.2. The lowest BCUT2D eigenvalue weighted by Gasteiger charge is -2.38. The lowest BCUT2D eigenvalue weighted by Crippen LogP contribution is -2.54. The summed E-state index contributed by atoms with van der Waals surface area (Å²) in [7, 11) is 1.89. The fourth-order valence-electron chi connectivity index (χ4n) is 4.56. The Kier molecular flexibility index (Phi) is 7.69. The molecule has 1 aromatic carbocycles. The molecule has 4 rings (SSSR count). The number of nitrogens with zero attached hydrogens (tertiary/aromatic N) is 5. The van der Waals surface area contributed by atoms with Crippen LogP contribution in [0.3, 0.4) is 0 Å². The number of hydrogen-bond acceptors (Lipinski definition) is 4. The van der Waals surface area contributed by atoms with E-state index in [9.17, 15) is 0 Å². The number of aliphatic imine (C=N–C) groups is 1. The van der Waals surface area contributed by atoms with Gasteiger partial charge in [-0.2, -0.15) is 0 Å². The second-order valence-corrected chi connectivity index (χ2v) is 7.78. The van der Waals surface area contributed by atoms with Gasteiger partial charge in [-0.05, 0) is 24.5 Å². The Hall–Kier alpha value is -1.90. The predicted molar refractivity (Wildman–Crippen MR) is 129 cm³/mol. The van der Waals surface area contributed by atoms with Crippen LogP contribution in [-0.4, -0.2) is 60.6 Å². The first-order valence-electron chi connectivity index (χ1n) is 10.3. The number of aromatic nitrogens is 2. The van der Waals surface area contributed by atoms with Gasteiger partial charge in [0, 0.05) is 57.6 Å². The van der Waals surface area contributed by atoms with Crippen LogP contribution in [0.4, 0.5) is 5.95 Å². The number of hydrogen-bond donors (Lipinski definition) is 1. The van der Waals surface area contributed by atoms with Crippen LogP contribution in [0.1, 0.15) is 31.2 Å². The molecule has 1 saturated carbocycles. The average Bonchev–Trinajstić information content (AvgIpc) is 3.26. The molecule has 7 heteroatoms. The molecule has 1 aliphatic heterocycles. The molecule has 1 aromatic heterocycles. The third-order valence-electron chi connectivity index (χ3n) is 6.16. The molecule has 0 radical (unpaired) electrons. The highest BCUT2D eigenvalue weighted by Crippen LogP contribution is 2.40. The van der Waals surface area contributed by atoms with E-state index in [4.69, 9.17) is 0 Å². The third-order valence-corrected chi connectivity index (χ3v) is 6.16. The van der Waals surface area contributed by atoms with Gasteiger partial charge in [0.15, 0.2) is 5.96 Å². The van der Waals surface area contributed by atoms with Crippen molar-refractivity contribution in [1.82, 2.24) is 20.2 Å². The van der Waals surface area contributed by atoms with Crippen molar-refractivity contribution in [2.24, 2.45) is 4.99 Å². The Bertz CT molecular complexity index is 768. The fourth-order valence-corrected chi connectivity index (χ4v) is 4.56.